The summed E-state index contributed by atoms with van der Waals surface area (Å²) >= 11 is 0. The van der Waals surface area contributed by atoms with Gasteiger partial charge in [0.05, 0.1) is 19.3 Å². The van der Waals surface area contributed by atoms with Gasteiger partial charge in [-0.05, 0) is 31.0 Å². The van der Waals surface area contributed by atoms with E-state index in [1.165, 1.54) is 0 Å². The molecular weight excluding hydrogens is 346 g/mol. The van der Waals surface area contributed by atoms with Crippen LogP contribution in [-0.2, 0) is 14.3 Å². The molecule has 1 aromatic heterocycles. The summed E-state index contributed by atoms with van der Waals surface area (Å²) < 4.78 is 16.7. The average Bonchev–Trinajstić information content (AvgIpc) is 3.24. The number of rotatable bonds is 6. The number of ether oxygens (including phenoxy) is 3. The van der Waals surface area contributed by atoms with Gasteiger partial charge in [-0.3, -0.25) is 4.79 Å². The fourth-order valence-corrected chi connectivity index (χ4v) is 3.42. The first-order valence-corrected chi connectivity index (χ1v) is 9.53. The Morgan fingerprint density at radius 3 is 2.93 bits per heavy atom. The van der Waals surface area contributed by atoms with Gasteiger partial charge in [0, 0.05) is 31.6 Å². The quantitative estimate of drug-likeness (QED) is 0.834. The van der Waals surface area contributed by atoms with Crippen LogP contribution in [0.4, 0.5) is 5.82 Å². The first-order chi connectivity index (χ1) is 13.3. The second-order valence-electron chi connectivity index (χ2n) is 6.82. The van der Waals surface area contributed by atoms with Crippen LogP contribution in [0.2, 0.25) is 0 Å². The minimum Gasteiger partial charge on any atom is -0.481 e. The molecule has 2 fully saturated rings. The summed E-state index contributed by atoms with van der Waals surface area (Å²) in [6.45, 7) is 4.36. The highest BCUT2D eigenvalue weighted by atomic mass is 16.5. The van der Waals surface area contributed by atoms with Crippen LogP contribution >= 0.6 is 0 Å². The van der Waals surface area contributed by atoms with Gasteiger partial charge in [0.25, 0.3) is 5.91 Å². The summed E-state index contributed by atoms with van der Waals surface area (Å²) in [5.41, 5.74) is 0.772. The number of nitrogens with zero attached hydrogens (tertiary/aromatic N) is 2. The molecular formula is C20H25N3O4. The topological polar surface area (TPSA) is 72.9 Å². The molecule has 144 valence electrons. The number of nitrogens with one attached hydrogen (secondary N) is 1. The molecule has 27 heavy (non-hydrogen) atoms. The van der Waals surface area contributed by atoms with Gasteiger partial charge >= 0.3 is 0 Å². The molecule has 7 heteroatoms. The Hall–Kier alpha value is -2.38. The molecule has 1 aromatic carbocycles. The molecule has 1 amide bonds. The Kier molecular flexibility index (Phi) is 5.69. The summed E-state index contributed by atoms with van der Waals surface area (Å²) in [4.78, 5) is 19.1. The summed E-state index contributed by atoms with van der Waals surface area (Å²) in [7, 11) is 0. The molecule has 0 spiro atoms. The normalized spacial score (nSPS) is 20.0. The van der Waals surface area contributed by atoms with E-state index in [0.29, 0.717) is 25.5 Å². The lowest BCUT2D eigenvalue weighted by molar-refractivity contribution is -0.123. The molecule has 0 aliphatic carbocycles. The predicted molar refractivity (Wildman–Crippen MR) is 102 cm³/mol. The molecule has 2 saturated heterocycles. The Labute approximate surface area is 158 Å². The van der Waals surface area contributed by atoms with Crippen molar-refractivity contribution in [3.63, 3.8) is 0 Å². The summed E-state index contributed by atoms with van der Waals surface area (Å²) in [6, 6.07) is 9.82. The molecule has 0 radical (unpaired) electrons. The SMILES string of the molecule is O=C(COc1cccc2ccc(N3CCOCC3)nc12)NC[C@@H]1CCCO1. The van der Waals surface area contributed by atoms with Crippen molar-refractivity contribution in [2.24, 2.45) is 0 Å². The molecule has 0 bridgehead atoms. The van der Waals surface area contributed by atoms with Crippen molar-refractivity contribution in [2.75, 3.05) is 51.0 Å². The van der Waals surface area contributed by atoms with Gasteiger partial charge in [-0.15, -0.1) is 0 Å². The molecule has 2 aromatic rings. The molecule has 2 aliphatic rings. The number of fused-ring (bicyclic) bond motifs is 1. The molecule has 0 saturated carbocycles. The van der Waals surface area contributed by atoms with Gasteiger partial charge < -0.3 is 24.4 Å². The predicted octanol–water partition coefficient (Wildman–Crippen LogP) is 1.75. The zero-order chi connectivity index (χ0) is 18.5. The Morgan fingerprint density at radius 2 is 2.11 bits per heavy atom. The smallest absolute Gasteiger partial charge is 0.258 e. The van der Waals surface area contributed by atoms with Gasteiger partial charge in [0.2, 0.25) is 0 Å². The summed E-state index contributed by atoms with van der Waals surface area (Å²) in [5.74, 6) is 1.38. The van der Waals surface area contributed by atoms with E-state index in [4.69, 9.17) is 19.2 Å². The number of benzene rings is 1. The molecule has 4 rings (SSSR count). The van der Waals surface area contributed by atoms with Crippen LogP contribution in [0.15, 0.2) is 30.3 Å². The molecule has 3 heterocycles. The Bertz CT molecular complexity index is 786. The van der Waals surface area contributed by atoms with Crippen LogP contribution in [0, 0.1) is 0 Å². The summed E-state index contributed by atoms with van der Waals surface area (Å²) in [6.07, 6.45) is 2.19. The van der Waals surface area contributed by atoms with E-state index >= 15 is 0 Å². The minimum atomic E-state index is -0.146. The maximum absolute atomic E-state index is 12.1. The van der Waals surface area contributed by atoms with E-state index in [1.54, 1.807) is 0 Å². The zero-order valence-corrected chi connectivity index (χ0v) is 15.4. The number of carbonyl (C=O) groups is 1. The fourth-order valence-electron chi connectivity index (χ4n) is 3.42. The van der Waals surface area contributed by atoms with Crippen LogP contribution in [0.25, 0.3) is 10.9 Å². The van der Waals surface area contributed by atoms with Gasteiger partial charge in [-0.25, -0.2) is 4.98 Å². The second-order valence-corrected chi connectivity index (χ2v) is 6.82. The number of carbonyl (C=O) groups excluding carboxylic acids is 1. The van der Waals surface area contributed by atoms with Crippen molar-refractivity contribution < 1.29 is 19.0 Å². The third-order valence-corrected chi connectivity index (χ3v) is 4.91. The number of anilines is 1. The number of hydrogen-bond donors (Lipinski definition) is 1. The molecule has 1 N–H and O–H groups in total. The van der Waals surface area contributed by atoms with Crippen molar-refractivity contribution in [1.82, 2.24) is 10.3 Å². The minimum absolute atomic E-state index is 0.0324. The van der Waals surface area contributed by atoms with E-state index < -0.39 is 0 Å². The second kappa shape index (κ2) is 8.54. The Morgan fingerprint density at radius 1 is 1.22 bits per heavy atom. The number of aromatic nitrogens is 1. The van der Waals surface area contributed by atoms with Crippen molar-refractivity contribution in [2.45, 2.75) is 18.9 Å². The van der Waals surface area contributed by atoms with Gasteiger partial charge in [0.15, 0.2) is 6.61 Å². The van der Waals surface area contributed by atoms with E-state index in [9.17, 15) is 4.79 Å². The lowest BCUT2D eigenvalue weighted by Gasteiger charge is -2.28. The average molecular weight is 371 g/mol. The van der Waals surface area contributed by atoms with Crippen molar-refractivity contribution in [3.05, 3.63) is 30.3 Å². The standard InChI is InChI=1S/C20H25N3O4/c24-19(21-13-16-4-2-10-26-16)14-27-17-5-1-3-15-6-7-18(22-20(15)17)23-8-11-25-12-9-23/h1,3,5-7,16H,2,4,8-14H2,(H,21,24)/t16-/m0/s1. The van der Waals surface area contributed by atoms with Crippen LogP contribution < -0.4 is 15.0 Å². The van der Waals surface area contributed by atoms with Crippen molar-refractivity contribution in [1.29, 1.82) is 0 Å². The third kappa shape index (κ3) is 4.48. The fraction of sp³-hybridized carbons (Fsp3) is 0.500. The monoisotopic (exact) mass is 371 g/mol. The maximum Gasteiger partial charge on any atom is 0.258 e. The number of morpholine rings is 1. The molecule has 7 nitrogen and oxygen atoms in total. The first kappa shape index (κ1) is 18.0. The molecule has 0 unspecified atom stereocenters. The number of para-hydroxylation sites is 1. The molecule has 1 atom stereocenters. The van der Waals surface area contributed by atoms with Crippen LogP contribution in [-0.4, -0.2) is 63.1 Å². The highest BCUT2D eigenvalue weighted by Gasteiger charge is 2.17. The number of amides is 1. The molecule has 2 aliphatic heterocycles. The largest absolute Gasteiger partial charge is 0.481 e. The lowest BCUT2D eigenvalue weighted by Crippen LogP contribution is -2.36. The van der Waals surface area contributed by atoms with Gasteiger partial charge in [0.1, 0.15) is 17.1 Å². The van der Waals surface area contributed by atoms with E-state index in [-0.39, 0.29) is 18.6 Å². The van der Waals surface area contributed by atoms with E-state index in [1.807, 2.05) is 30.3 Å². The highest BCUT2D eigenvalue weighted by molar-refractivity contribution is 5.86. The van der Waals surface area contributed by atoms with Crippen molar-refractivity contribution >= 4 is 22.6 Å². The van der Waals surface area contributed by atoms with Crippen LogP contribution in [0.1, 0.15) is 12.8 Å². The zero-order valence-electron chi connectivity index (χ0n) is 15.4. The van der Waals surface area contributed by atoms with Crippen molar-refractivity contribution in [3.8, 4) is 5.75 Å². The lowest BCUT2D eigenvalue weighted by atomic mass is 10.2. The van der Waals surface area contributed by atoms with Gasteiger partial charge in [-0.2, -0.15) is 0 Å². The summed E-state index contributed by atoms with van der Waals surface area (Å²) in [5, 5.41) is 3.86. The number of pyridine rings is 1. The van der Waals surface area contributed by atoms with Gasteiger partial charge in [-0.1, -0.05) is 12.1 Å². The first-order valence-electron chi connectivity index (χ1n) is 9.53. The van der Waals surface area contributed by atoms with Crippen LogP contribution in [0.3, 0.4) is 0 Å². The van der Waals surface area contributed by atoms with Crippen LogP contribution in [0.5, 0.6) is 5.75 Å². The maximum atomic E-state index is 12.1. The third-order valence-electron chi connectivity index (χ3n) is 4.91. The van der Waals surface area contributed by atoms with E-state index in [2.05, 4.69) is 10.2 Å². The van der Waals surface area contributed by atoms with E-state index in [0.717, 1.165) is 49.3 Å². The highest BCUT2D eigenvalue weighted by Crippen LogP contribution is 2.26. The Balaban J connectivity index is 1.41. The number of hydrogen-bond acceptors (Lipinski definition) is 6.